The molecule has 0 fully saturated rings. The van der Waals surface area contributed by atoms with Crippen LogP contribution in [-0.4, -0.2) is 11.1 Å². The van der Waals surface area contributed by atoms with Crippen LogP contribution in [0.25, 0.3) is 0 Å². The van der Waals surface area contributed by atoms with E-state index >= 15 is 0 Å². The number of carboxylic acids is 1. The first-order chi connectivity index (χ1) is 6.02. The number of hydrogen-bond donors (Lipinski definition) is 1. The van der Waals surface area contributed by atoms with Gasteiger partial charge in [-0.05, 0) is 41.8 Å². The Kier molecular flexibility index (Phi) is 3.50. The summed E-state index contributed by atoms with van der Waals surface area (Å²) >= 11 is 5.18. The Balaban J connectivity index is 2.81. The lowest BCUT2D eigenvalue weighted by molar-refractivity contribution is -0.136. The molecular formula is C9H11BrO2S. The zero-order valence-corrected chi connectivity index (χ0v) is 9.96. The van der Waals surface area contributed by atoms with Gasteiger partial charge in [-0.2, -0.15) is 0 Å². The monoisotopic (exact) mass is 262 g/mol. The fourth-order valence-corrected chi connectivity index (χ4v) is 3.09. The molecule has 0 aliphatic carbocycles. The minimum atomic E-state index is -0.741. The molecule has 1 N–H and O–H groups in total. The molecule has 0 aromatic carbocycles. The first kappa shape index (κ1) is 10.7. The minimum Gasteiger partial charge on any atom is -0.481 e. The molecule has 0 radical (unpaired) electrons. The maximum atomic E-state index is 10.4. The number of carbonyl (C=O) groups is 1. The SMILES string of the molecule is Cc1sc(C)c(CCC(=O)O)c1Br. The Morgan fingerprint density at radius 3 is 2.46 bits per heavy atom. The second kappa shape index (κ2) is 4.24. The lowest BCUT2D eigenvalue weighted by atomic mass is 10.1. The van der Waals surface area contributed by atoms with Crippen molar-refractivity contribution in [1.82, 2.24) is 0 Å². The van der Waals surface area contributed by atoms with Gasteiger partial charge < -0.3 is 5.11 Å². The van der Waals surface area contributed by atoms with Crippen molar-refractivity contribution < 1.29 is 9.90 Å². The van der Waals surface area contributed by atoms with Crippen molar-refractivity contribution in [1.29, 1.82) is 0 Å². The van der Waals surface area contributed by atoms with Crippen molar-refractivity contribution in [2.24, 2.45) is 0 Å². The van der Waals surface area contributed by atoms with Crippen molar-refractivity contribution in [3.05, 3.63) is 19.8 Å². The highest BCUT2D eigenvalue weighted by atomic mass is 79.9. The average Bonchev–Trinajstić information content (AvgIpc) is 2.24. The Morgan fingerprint density at radius 1 is 1.46 bits per heavy atom. The molecule has 0 saturated carbocycles. The summed E-state index contributed by atoms with van der Waals surface area (Å²) in [7, 11) is 0. The highest BCUT2D eigenvalue weighted by molar-refractivity contribution is 9.10. The van der Waals surface area contributed by atoms with Crippen molar-refractivity contribution in [2.75, 3.05) is 0 Å². The summed E-state index contributed by atoms with van der Waals surface area (Å²) in [4.78, 5) is 12.8. The highest BCUT2D eigenvalue weighted by Crippen LogP contribution is 2.32. The molecule has 0 aliphatic heterocycles. The maximum Gasteiger partial charge on any atom is 0.303 e. The van der Waals surface area contributed by atoms with E-state index in [2.05, 4.69) is 15.9 Å². The molecule has 0 bridgehead atoms. The van der Waals surface area contributed by atoms with Crippen LogP contribution >= 0.6 is 27.3 Å². The van der Waals surface area contributed by atoms with Gasteiger partial charge in [0.25, 0.3) is 0 Å². The lowest BCUT2D eigenvalue weighted by Gasteiger charge is -1.98. The first-order valence-electron chi connectivity index (χ1n) is 3.98. The van der Waals surface area contributed by atoms with E-state index in [0.717, 1.165) is 10.0 Å². The molecule has 1 heterocycles. The van der Waals surface area contributed by atoms with Crippen LogP contribution in [0.2, 0.25) is 0 Å². The predicted molar refractivity (Wildman–Crippen MR) is 57.4 cm³/mol. The molecule has 0 spiro atoms. The smallest absolute Gasteiger partial charge is 0.303 e. The fourth-order valence-electron chi connectivity index (χ4n) is 1.22. The van der Waals surface area contributed by atoms with E-state index in [0.29, 0.717) is 6.42 Å². The van der Waals surface area contributed by atoms with E-state index in [-0.39, 0.29) is 6.42 Å². The largest absolute Gasteiger partial charge is 0.481 e. The standard InChI is InChI=1S/C9H11BrO2S/c1-5-7(3-4-8(11)12)9(10)6(2)13-5/h3-4H2,1-2H3,(H,11,12). The van der Waals surface area contributed by atoms with E-state index in [4.69, 9.17) is 5.11 Å². The number of aliphatic carboxylic acids is 1. The Labute approximate surface area is 89.7 Å². The molecular weight excluding hydrogens is 252 g/mol. The third-order valence-electron chi connectivity index (χ3n) is 1.89. The highest BCUT2D eigenvalue weighted by Gasteiger charge is 2.11. The quantitative estimate of drug-likeness (QED) is 0.909. The first-order valence-corrected chi connectivity index (χ1v) is 5.59. The van der Waals surface area contributed by atoms with Crippen molar-refractivity contribution in [3.8, 4) is 0 Å². The van der Waals surface area contributed by atoms with Crippen LogP contribution in [0.5, 0.6) is 0 Å². The second-order valence-electron chi connectivity index (χ2n) is 2.90. The summed E-state index contributed by atoms with van der Waals surface area (Å²) in [6.45, 7) is 4.06. The van der Waals surface area contributed by atoms with Gasteiger partial charge in [-0.3, -0.25) is 4.79 Å². The molecule has 13 heavy (non-hydrogen) atoms. The third kappa shape index (κ3) is 2.54. The number of rotatable bonds is 3. The number of thiophene rings is 1. The van der Waals surface area contributed by atoms with Crippen LogP contribution in [0.15, 0.2) is 4.47 Å². The molecule has 0 saturated heterocycles. The topological polar surface area (TPSA) is 37.3 Å². The molecule has 0 atom stereocenters. The molecule has 1 aromatic rings. The van der Waals surface area contributed by atoms with Gasteiger partial charge in [0.2, 0.25) is 0 Å². The number of halogens is 1. The molecule has 2 nitrogen and oxygen atoms in total. The van der Waals surface area contributed by atoms with E-state index in [1.807, 2.05) is 13.8 Å². The van der Waals surface area contributed by atoms with Gasteiger partial charge in [0.1, 0.15) is 0 Å². The van der Waals surface area contributed by atoms with E-state index < -0.39 is 5.97 Å². The fraction of sp³-hybridized carbons (Fsp3) is 0.444. The van der Waals surface area contributed by atoms with E-state index in [9.17, 15) is 4.79 Å². The minimum absolute atomic E-state index is 0.204. The van der Waals surface area contributed by atoms with Crippen molar-refractivity contribution in [3.63, 3.8) is 0 Å². The summed E-state index contributed by atoms with van der Waals surface area (Å²) in [6.07, 6.45) is 0.821. The Hall–Kier alpha value is -0.350. The molecule has 1 rings (SSSR count). The molecule has 0 unspecified atom stereocenters. The third-order valence-corrected chi connectivity index (χ3v) is 4.29. The second-order valence-corrected chi connectivity index (χ2v) is 5.12. The Bertz CT molecular complexity index is 331. The summed E-state index contributed by atoms with van der Waals surface area (Å²) < 4.78 is 1.08. The van der Waals surface area contributed by atoms with Gasteiger partial charge in [0, 0.05) is 20.6 Å². The van der Waals surface area contributed by atoms with Gasteiger partial charge >= 0.3 is 5.97 Å². The molecule has 4 heteroatoms. The van der Waals surface area contributed by atoms with Crippen molar-refractivity contribution >= 4 is 33.2 Å². The van der Waals surface area contributed by atoms with E-state index in [1.165, 1.54) is 9.75 Å². The summed E-state index contributed by atoms with van der Waals surface area (Å²) in [5.74, 6) is -0.741. The van der Waals surface area contributed by atoms with Crippen LogP contribution in [0.3, 0.4) is 0 Å². The molecule has 0 amide bonds. The van der Waals surface area contributed by atoms with Crippen LogP contribution in [-0.2, 0) is 11.2 Å². The van der Waals surface area contributed by atoms with Crippen LogP contribution in [0.4, 0.5) is 0 Å². The number of carboxylic acid groups (broad SMARTS) is 1. The normalized spacial score (nSPS) is 10.4. The van der Waals surface area contributed by atoms with Gasteiger partial charge in [0.15, 0.2) is 0 Å². The zero-order chi connectivity index (χ0) is 10.0. The molecule has 72 valence electrons. The number of hydrogen-bond acceptors (Lipinski definition) is 2. The predicted octanol–water partition coefficient (Wildman–Crippen LogP) is 3.14. The van der Waals surface area contributed by atoms with Crippen LogP contribution in [0.1, 0.15) is 21.7 Å². The van der Waals surface area contributed by atoms with Crippen LogP contribution < -0.4 is 0 Å². The summed E-state index contributed by atoms with van der Waals surface area (Å²) in [6, 6.07) is 0. The van der Waals surface area contributed by atoms with Gasteiger partial charge in [-0.1, -0.05) is 0 Å². The summed E-state index contributed by atoms with van der Waals surface area (Å²) in [5, 5.41) is 8.55. The van der Waals surface area contributed by atoms with Gasteiger partial charge in [0.05, 0.1) is 0 Å². The van der Waals surface area contributed by atoms with Gasteiger partial charge in [-0.15, -0.1) is 11.3 Å². The zero-order valence-electron chi connectivity index (χ0n) is 7.56. The molecule has 1 aromatic heterocycles. The lowest BCUT2D eigenvalue weighted by Crippen LogP contribution is -1.97. The van der Waals surface area contributed by atoms with Gasteiger partial charge in [-0.25, -0.2) is 0 Å². The van der Waals surface area contributed by atoms with E-state index in [1.54, 1.807) is 11.3 Å². The van der Waals surface area contributed by atoms with Crippen molar-refractivity contribution in [2.45, 2.75) is 26.7 Å². The molecule has 0 aliphatic rings. The Morgan fingerprint density at radius 2 is 2.08 bits per heavy atom. The number of aryl methyl sites for hydroxylation is 2. The average molecular weight is 263 g/mol. The summed E-state index contributed by atoms with van der Waals surface area (Å²) in [5.41, 5.74) is 1.14. The van der Waals surface area contributed by atoms with Crippen LogP contribution in [0, 0.1) is 13.8 Å². The maximum absolute atomic E-state index is 10.4.